The molecule has 2 aromatic rings. The third-order valence-corrected chi connectivity index (χ3v) is 2.41. The molecule has 1 atom stereocenters. The number of aliphatic hydroxyl groups excluding tert-OH is 1. The molecule has 1 N–H and O–H groups in total. The van der Waals surface area contributed by atoms with Crippen molar-refractivity contribution in [2.45, 2.75) is 12.6 Å². The summed E-state index contributed by atoms with van der Waals surface area (Å²) >= 11 is 0. The number of hydrogen-bond acceptors (Lipinski definition) is 4. The van der Waals surface area contributed by atoms with Gasteiger partial charge in [0.15, 0.2) is 0 Å². The van der Waals surface area contributed by atoms with Gasteiger partial charge >= 0.3 is 0 Å². The van der Waals surface area contributed by atoms with Gasteiger partial charge in [0.1, 0.15) is 0 Å². The second kappa shape index (κ2) is 4.75. The van der Waals surface area contributed by atoms with Crippen LogP contribution in [-0.4, -0.2) is 19.6 Å². The SMILES string of the molecule is O=[N+]([O-])c1cccc(C(O)Cn2ccnc2)c1. The fourth-order valence-corrected chi connectivity index (χ4v) is 1.55. The van der Waals surface area contributed by atoms with Crippen LogP contribution in [0.1, 0.15) is 11.7 Å². The number of hydrogen-bond donors (Lipinski definition) is 1. The summed E-state index contributed by atoms with van der Waals surface area (Å²) in [6.07, 6.45) is 4.13. The monoisotopic (exact) mass is 233 g/mol. The van der Waals surface area contributed by atoms with E-state index in [1.807, 2.05) is 0 Å². The predicted octanol–water partition coefficient (Wildman–Crippen LogP) is 1.52. The number of imidazole rings is 1. The predicted molar refractivity (Wildman–Crippen MR) is 60.3 cm³/mol. The first kappa shape index (κ1) is 11.3. The highest BCUT2D eigenvalue weighted by Crippen LogP contribution is 2.20. The Balaban J connectivity index is 2.16. The molecule has 0 radical (unpaired) electrons. The van der Waals surface area contributed by atoms with E-state index in [2.05, 4.69) is 4.98 Å². The van der Waals surface area contributed by atoms with Crippen molar-refractivity contribution >= 4 is 5.69 Å². The molecule has 17 heavy (non-hydrogen) atoms. The molecule has 0 spiro atoms. The number of aromatic nitrogens is 2. The third kappa shape index (κ3) is 2.67. The molecule has 0 aliphatic heterocycles. The maximum atomic E-state index is 10.6. The van der Waals surface area contributed by atoms with Crippen molar-refractivity contribution in [3.63, 3.8) is 0 Å². The van der Waals surface area contributed by atoms with Crippen molar-refractivity contribution < 1.29 is 10.0 Å². The first-order valence-electron chi connectivity index (χ1n) is 5.05. The molecule has 0 saturated carbocycles. The Bertz CT molecular complexity index is 510. The molecule has 0 amide bonds. The fraction of sp³-hybridized carbons (Fsp3) is 0.182. The van der Waals surface area contributed by atoms with Crippen LogP contribution in [0.2, 0.25) is 0 Å². The van der Waals surface area contributed by atoms with Crippen LogP contribution in [0.4, 0.5) is 5.69 Å². The lowest BCUT2D eigenvalue weighted by atomic mass is 10.1. The molecule has 88 valence electrons. The highest BCUT2D eigenvalue weighted by Gasteiger charge is 2.12. The van der Waals surface area contributed by atoms with Crippen molar-refractivity contribution in [3.8, 4) is 0 Å². The molecule has 6 nitrogen and oxygen atoms in total. The Kier molecular flexibility index (Phi) is 3.15. The summed E-state index contributed by atoms with van der Waals surface area (Å²) in [4.78, 5) is 14.0. The van der Waals surface area contributed by atoms with Gasteiger partial charge in [-0.25, -0.2) is 4.98 Å². The van der Waals surface area contributed by atoms with Crippen LogP contribution in [-0.2, 0) is 6.54 Å². The minimum absolute atomic E-state index is 0.0211. The van der Waals surface area contributed by atoms with E-state index in [4.69, 9.17) is 0 Å². The van der Waals surface area contributed by atoms with Crippen LogP contribution < -0.4 is 0 Å². The standard InChI is InChI=1S/C11H11N3O3/c15-11(7-13-5-4-12-8-13)9-2-1-3-10(6-9)14(16)17/h1-6,8,11,15H,7H2. The second-order valence-electron chi connectivity index (χ2n) is 3.63. The van der Waals surface area contributed by atoms with E-state index in [1.54, 1.807) is 35.4 Å². The van der Waals surface area contributed by atoms with E-state index in [-0.39, 0.29) is 5.69 Å². The van der Waals surface area contributed by atoms with E-state index in [0.29, 0.717) is 12.1 Å². The first-order valence-corrected chi connectivity index (χ1v) is 5.05. The van der Waals surface area contributed by atoms with Gasteiger partial charge in [-0.1, -0.05) is 12.1 Å². The average molecular weight is 233 g/mol. The molecule has 2 rings (SSSR count). The summed E-state index contributed by atoms with van der Waals surface area (Å²) in [5, 5.41) is 20.5. The van der Waals surface area contributed by atoms with Gasteiger partial charge in [-0.3, -0.25) is 10.1 Å². The molecule has 1 unspecified atom stereocenters. The Labute approximate surface area is 97.3 Å². The van der Waals surface area contributed by atoms with E-state index in [0.717, 1.165) is 0 Å². The van der Waals surface area contributed by atoms with E-state index >= 15 is 0 Å². The van der Waals surface area contributed by atoms with Crippen LogP contribution in [0, 0.1) is 10.1 Å². The van der Waals surface area contributed by atoms with Gasteiger partial charge < -0.3 is 9.67 Å². The van der Waals surface area contributed by atoms with Gasteiger partial charge in [-0.2, -0.15) is 0 Å². The number of nitro groups is 1. The summed E-state index contributed by atoms with van der Waals surface area (Å²) in [5.74, 6) is 0. The largest absolute Gasteiger partial charge is 0.387 e. The summed E-state index contributed by atoms with van der Waals surface area (Å²) in [6, 6.07) is 5.99. The lowest BCUT2D eigenvalue weighted by Gasteiger charge is -2.11. The van der Waals surface area contributed by atoms with Crippen molar-refractivity contribution in [2.24, 2.45) is 0 Å². The minimum Gasteiger partial charge on any atom is -0.387 e. The minimum atomic E-state index is -0.788. The Morgan fingerprint density at radius 3 is 3.00 bits per heavy atom. The maximum absolute atomic E-state index is 10.6. The number of aliphatic hydroxyl groups is 1. The molecule has 1 heterocycles. The number of nitro benzene ring substituents is 1. The van der Waals surface area contributed by atoms with Crippen LogP contribution in [0.5, 0.6) is 0 Å². The van der Waals surface area contributed by atoms with Crippen LogP contribution in [0.25, 0.3) is 0 Å². The van der Waals surface area contributed by atoms with Crippen molar-refractivity contribution in [3.05, 3.63) is 58.7 Å². The smallest absolute Gasteiger partial charge is 0.269 e. The van der Waals surface area contributed by atoms with Crippen LogP contribution in [0.15, 0.2) is 43.0 Å². The van der Waals surface area contributed by atoms with E-state index in [1.165, 1.54) is 12.1 Å². The molecular weight excluding hydrogens is 222 g/mol. The summed E-state index contributed by atoms with van der Waals surface area (Å²) < 4.78 is 1.71. The lowest BCUT2D eigenvalue weighted by molar-refractivity contribution is -0.385. The fourth-order valence-electron chi connectivity index (χ4n) is 1.55. The molecule has 1 aromatic heterocycles. The highest BCUT2D eigenvalue weighted by molar-refractivity contribution is 5.35. The molecule has 0 fully saturated rings. The number of rotatable bonds is 4. The summed E-state index contributed by atoms with van der Waals surface area (Å²) in [5.41, 5.74) is 0.500. The number of non-ortho nitro benzene ring substituents is 1. The third-order valence-electron chi connectivity index (χ3n) is 2.41. The van der Waals surface area contributed by atoms with Gasteiger partial charge in [0.05, 0.1) is 23.9 Å². The van der Waals surface area contributed by atoms with E-state index < -0.39 is 11.0 Å². The second-order valence-corrected chi connectivity index (χ2v) is 3.63. The van der Waals surface area contributed by atoms with Crippen molar-refractivity contribution in [1.82, 2.24) is 9.55 Å². The van der Waals surface area contributed by atoms with Gasteiger partial charge in [-0.05, 0) is 5.56 Å². The maximum Gasteiger partial charge on any atom is 0.269 e. The zero-order valence-corrected chi connectivity index (χ0v) is 8.93. The highest BCUT2D eigenvalue weighted by atomic mass is 16.6. The van der Waals surface area contributed by atoms with Gasteiger partial charge in [0.25, 0.3) is 5.69 Å². The van der Waals surface area contributed by atoms with E-state index in [9.17, 15) is 15.2 Å². The van der Waals surface area contributed by atoms with Crippen molar-refractivity contribution in [1.29, 1.82) is 0 Å². The average Bonchev–Trinajstić information content (AvgIpc) is 2.82. The zero-order valence-electron chi connectivity index (χ0n) is 8.93. The lowest BCUT2D eigenvalue weighted by Crippen LogP contribution is -2.07. The Hall–Kier alpha value is -2.21. The molecule has 6 heteroatoms. The summed E-state index contributed by atoms with van der Waals surface area (Å²) in [7, 11) is 0. The molecule has 0 aliphatic carbocycles. The molecule has 0 saturated heterocycles. The molecule has 1 aromatic carbocycles. The normalized spacial score (nSPS) is 12.3. The zero-order chi connectivity index (χ0) is 12.3. The summed E-state index contributed by atoms with van der Waals surface area (Å²) in [6.45, 7) is 0.321. The number of nitrogens with zero attached hydrogens (tertiary/aromatic N) is 3. The number of benzene rings is 1. The van der Waals surface area contributed by atoms with Gasteiger partial charge in [0, 0.05) is 24.5 Å². The Morgan fingerprint density at radius 2 is 2.35 bits per heavy atom. The van der Waals surface area contributed by atoms with Crippen molar-refractivity contribution in [2.75, 3.05) is 0 Å². The quantitative estimate of drug-likeness (QED) is 0.641. The molecular formula is C11H11N3O3. The molecule has 0 aliphatic rings. The van der Waals surface area contributed by atoms with Crippen LogP contribution >= 0.6 is 0 Å². The topological polar surface area (TPSA) is 81.2 Å². The van der Waals surface area contributed by atoms with Gasteiger partial charge in [-0.15, -0.1) is 0 Å². The first-order chi connectivity index (χ1) is 8.16. The molecule has 0 bridgehead atoms. The Morgan fingerprint density at radius 1 is 1.53 bits per heavy atom. The van der Waals surface area contributed by atoms with Crippen LogP contribution in [0.3, 0.4) is 0 Å². The van der Waals surface area contributed by atoms with Gasteiger partial charge in [0.2, 0.25) is 0 Å².